The van der Waals surface area contributed by atoms with E-state index >= 15 is 0 Å². The van der Waals surface area contributed by atoms with E-state index in [1.54, 1.807) is 0 Å². The van der Waals surface area contributed by atoms with Crippen molar-refractivity contribution in [3.8, 4) is 5.75 Å². The molecule has 1 aliphatic rings. The Hall–Kier alpha value is -1.02. The van der Waals surface area contributed by atoms with Crippen molar-refractivity contribution >= 4 is 29.9 Å². The lowest BCUT2D eigenvalue weighted by molar-refractivity contribution is 0.234. The molecule has 0 spiro atoms. The monoisotopic (exact) mass is 460 g/mol. The molecule has 0 radical (unpaired) electrons. The Labute approximate surface area is 169 Å². The fraction of sp³-hybridized carbons (Fsp3) is 0.632. The van der Waals surface area contributed by atoms with Crippen LogP contribution in [0.4, 0.5) is 0 Å². The molecular weight excluding hydrogens is 427 g/mol. The third kappa shape index (κ3) is 7.01. The Kier molecular flexibility index (Phi) is 9.56. The summed E-state index contributed by atoms with van der Waals surface area (Å²) >= 11 is 0. The summed E-state index contributed by atoms with van der Waals surface area (Å²) in [6.07, 6.45) is 2.28. The third-order valence-corrected chi connectivity index (χ3v) is 4.41. The molecule has 1 heterocycles. The third-order valence-electron chi connectivity index (χ3n) is 4.41. The van der Waals surface area contributed by atoms with E-state index < -0.39 is 0 Å². The molecule has 6 heteroatoms. The lowest BCUT2D eigenvalue weighted by Gasteiger charge is -2.27. The molecule has 0 amide bonds. The first kappa shape index (κ1) is 22.0. The average molecular weight is 460 g/mol. The molecule has 2 atom stereocenters. The highest BCUT2D eigenvalue weighted by molar-refractivity contribution is 14.0. The van der Waals surface area contributed by atoms with E-state index in [2.05, 4.69) is 60.6 Å². The van der Waals surface area contributed by atoms with E-state index in [4.69, 9.17) is 4.74 Å². The molecule has 1 aromatic carbocycles. The second-order valence-electron chi connectivity index (χ2n) is 7.13. The summed E-state index contributed by atoms with van der Waals surface area (Å²) in [5.74, 6) is 2.53. The molecule has 0 aliphatic carbocycles. The largest absolute Gasteiger partial charge is 0.488 e. The lowest BCUT2D eigenvalue weighted by atomic mass is 10.0. The van der Waals surface area contributed by atoms with E-state index in [1.807, 2.05) is 19.2 Å². The van der Waals surface area contributed by atoms with Gasteiger partial charge in [-0.05, 0) is 38.1 Å². The lowest BCUT2D eigenvalue weighted by Crippen LogP contribution is -2.47. The molecule has 2 N–H and O–H groups in total. The Morgan fingerprint density at radius 1 is 1.28 bits per heavy atom. The Morgan fingerprint density at radius 3 is 2.60 bits per heavy atom. The zero-order valence-electron chi connectivity index (χ0n) is 16.1. The molecule has 5 nitrogen and oxygen atoms in total. The van der Waals surface area contributed by atoms with Gasteiger partial charge >= 0.3 is 0 Å². The van der Waals surface area contributed by atoms with E-state index in [1.165, 1.54) is 5.56 Å². The number of likely N-dealkylation sites (N-methyl/N-ethyl adjacent to an activating group) is 1. The van der Waals surface area contributed by atoms with Crippen LogP contribution in [-0.2, 0) is 6.42 Å². The number of ether oxygens (including phenoxy) is 1. The zero-order valence-corrected chi connectivity index (χ0v) is 18.4. The molecule has 142 valence electrons. The fourth-order valence-corrected chi connectivity index (χ4v) is 3.03. The van der Waals surface area contributed by atoms with Crippen molar-refractivity contribution in [3.05, 3.63) is 29.8 Å². The Morgan fingerprint density at radius 2 is 2.00 bits per heavy atom. The SMILES string of the molecule is CN=C(NCC1Cc2ccccc2O1)NCC(CC(C)C)N(C)C.I. The van der Waals surface area contributed by atoms with Gasteiger partial charge in [0.1, 0.15) is 11.9 Å². The minimum Gasteiger partial charge on any atom is -0.488 e. The first-order chi connectivity index (χ1) is 11.5. The molecule has 2 rings (SSSR count). The number of hydrogen-bond acceptors (Lipinski definition) is 3. The molecule has 0 aromatic heterocycles. The van der Waals surface area contributed by atoms with E-state index in [-0.39, 0.29) is 30.1 Å². The summed E-state index contributed by atoms with van der Waals surface area (Å²) in [5.41, 5.74) is 1.29. The number of halogens is 1. The summed E-state index contributed by atoms with van der Waals surface area (Å²) < 4.78 is 5.96. The molecule has 1 aliphatic heterocycles. The van der Waals surface area contributed by atoms with Gasteiger partial charge < -0.3 is 20.3 Å². The first-order valence-corrected chi connectivity index (χ1v) is 8.85. The van der Waals surface area contributed by atoms with Crippen LogP contribution in [0.5, 0.6) is 5.75 Å². The molecule has 0 bridgehead atoms. The van der Waals surface area contributed by atoms with Gasteiger partial charge in [0.15, 0.2) is 5.96 Å². The van der Waals surface area contributed by atoms with Crippen LogP contribution in [0.3, 0.4) is 0 Å². The number of nitrogens with zero attached hydrogens (tertiary/aromatic N) is 2. The summed E-state index contributed by atoms with van der Waals surface area (Å²) in [7, 11) is 6.08. The maximum Gasteiger partial charge on any atom is 0.191 e. The van der Waals surface area contributed by atoms with Crippen LogP contribution in [0.25, 0.3) is 0 Å². The first-order valence-electron chi connectivity index (χ1n) is 8.85. The average Bonchev–Trinajstić information content (AvgIpc) is 2.96. The van der Waals surface area contributed by atoms with Gasteiger partial charge in [-0.2, -0.15) is 0 Å². The number of aliphatic imine (C=N–C) groups is 1. The quantitative estimate of drug-likeness (QED) is 0.373. The zero-order chi connectivity index (χ0) is 17.5. The normalized spacial score (nSPS) is 17.7. The second kappa shape index (κ2) is 10.9. The standard InChI is InChI=1S/C19H32N4O.HI/c1-14(2)10-16(23(4)5)12-21-19(20-3)22-13-17-11-15-8-6-7-9-18(15)24-17;/h6-9,14,16-17H,10-13H2,1-5H3,(H2,20,21,22);1H. The highest BCUT2D eigenvalue weighted by atomic mass is 127. The number of para-hydroxylation sites is 1. The minimum absolute atomic E-state index is 0. The number of rotatable bonds is 7. The van der Waals surface area contributed by atoms with Gasteiger partial charge in [0.25, 0.3) is 0 Å². The Bertz CT molecular complexity index is 523. The summed E-state index contributed by atoms with van der Waals surface area (Å²) in [6.45, 7) is 6.17. The molecule has 0 fully saturated rings. The molecular formula is C19H33IN4O. The maximum absolute atomic E-state index is 5.96. The van der Waals surface area contributed by atoms with Crippen LogP contribution in [0.15, 0.2) is 29.3 Å². The van der Waals surface area contributed by atoms with Gasteiger partial charge in [-0.1, -0.05) is 32.0 Å². The van der Waals surface area contributed by atoms with Crippen molar-refractivity contribution in [3.63, 3.8) is 0 Å². The number of hydrogen-bond donors (Lipinski definition) is 2. The number of fused-ring (bicyclic) bond motifs is 1. The number of guanidine groups is 1. The van der Waals surface area contributed by atoms with Gasteiger partial charge in [-0.3, -0.25) is 4.99 Å². The topological polar surface area (TPSA) is 48.9 Å². The summed E-state index contributed by atoms with van der Waals surface area (Å²) in [5, 5.41) is 6.83. The van der Waals surface area contributed by atoms with Crippen molar-refractivity contribution < 1.29 is 4.74 Å². The summed E-state index contributed by atoms with van der Waals surface area (Å²) in [6, 6.07) is 8.75. The molecule has 0 saturated carbocycles. The highest BCUT2D eigenvalue weighted by Crippen LogP contribution is 2.27. The fourth-order valence-electron chi connectivity index (χ4n) is 3.03. The molecule has 25 heavy (non-hydrogen) atoms. The second-order valence-corrected chi connectivity index (χ2v) is 7.13. The number of benzene rings is 1. The van der Waals surface area contributed by atoms with E-state index in [0.29, 0.717) is 12.0 Å². The van der Waals surface area contributed by atoms with Gasteiger partial charge in [-0.15, -0.1) is 24.0 Å². The van der Waals surface area contributed by atoms with Crippen LogP contribution >= 0.6 is 24.0 Å². The van der Waals surface area contributed by atoms with Crippen molar-refractivity contribution in [1.82, 2.24) is 15.5 Å². The van der Waals surface area contributed by atoms with Crippen LogP contribution < -0.4 is 15.4 Å². The van der Waals surface area contributed by atoms with E-state index in [0.717, 1.165) is 37.6 Å². The van der Waals surface area contributed by atoms with Gasteiger partial charge in [0.2, 0.25) is 0 Å². The smallest absolute Gasteiger partial charge is 0.191 e. The van der Waals surface area contributed by atoms with Crippen LogP contribution in [-0.4, -0.2) is 57.2 Å². The molecule has 0 saturated heterocycles. The summed E-state index contributed by atoms with van der Waals surface area (Å²) in [4.78, 5) is 6.60. The molecule has 1 aromatic rings. The van der Waals surface area contributed by atoms with Crippen LogP contribution in [0.1, 0.15) is 25.8 Å². The van der Waals surface area contributed by atoms with Crippen molar-refractivity contribution in [2.24, 2.45) is 10.9 Å². The number of nitrogens with one attached hydrogen (secondary N) is 2. The van der Waals surface area contributed by atoms with E-state index in [9.17, 15) is 0 Å². The van der Waals surface area contributed by atoms with Crippen LogP contribution in [0.2, 0.25) is 0 Å². The van der Waals surface area contributed by atoms with Crippen molar-refractivity contribution in [2.45, 2.75) is 38.8 Å². The Balaban J connectivity index is 0.00000312. The van der Waals surface area contributed by atoms with Gasteiger partial charge in [0.05, 0.1) is 6.54 Å². The highest BCUT2D eigenvalue weighted by Gasteiger charge is 2.22. The van der Waals surface area contributed by atoms with Crippen LogP contribution in [0, 0.1) is 5.92 Å². The predicted octanol–water partition coefficient (Wildman–Crippen LogP) is 2.75. The predicted molar refractivity (Wildman–Crippen MR) is 116 cm³/mol. The molecule has 2 unspecified atom stereocenters. The minimum atomic E-state index is 0. The van der Waals surface area contributed by atoms with Crippen molar-refractivity contribution in [1.29, 1.82) is 0 Å². The van der Waals surface area contributed by atoms with Gasteiger partial charge in [0, 0.05) is 26.1 Å². The maximum atomic E-state index is 5.96. The van der Waals surface area contributed by atoms with Gasteiger partial charge in [-0.25, -0.2) is 0 Å². The van der Waals surface area contributed by atoms with Crippen molar-refractivity contribution in [2.75, 3.05) is 34.2 Å².